The number of hydrogen-bond donors (Lipinski definition) is 1. The summed E-state index contributed by atoms with van der Waals surface area (Å²) < 4.78 is 1.69. The molecule has 0 aliphatic heterocycles. The normalized spacial score (nSPS) is 10.6. The Labute approximate surface area is 155 Å². The van der Waals surface area contributed by atoms with Crippen LogP contribution >= 0.6 is 11.3 Å². The molecule has 0 saturated carbocycles. The lowest BCUT2D eigenvalue weighted by atomic mass is 10.1. The zero-order chi connectivity index (χ0) is 17.8. The van der Waals surface area contributed by atoms with Gasteiger partial charge in [0, 0.05) is 23.3 Å². The molecule has 4 rings (SSSR count). The van der Waals surface area contributed by atoms with E-state index in [2.05, 4.69) is 15.4 Å². The first-order valence-corrected chi connectivity index (χ1v) is 9.06. The van der Waals surface area contributed by atoms with Crippen molar-refractivity contribution in [3.63, 3.8) is 0 Å². The quantitative estimate of drug-likeness (QED) is 0.587. The van der Waals surface area contributed by atoms with Crippen LogP contribution in [0.25, 0.3) is 16.3 Å². The van der Waals surface area contributed by atoms with Crippen molar-refractivity contribution in [3.05, 3.63) is 89.7 Å². The largest absolute Gasteiger partial charge is 0.346 e. The fourth-order valence-electron chi connectivity index (χ4n) is 2.64. The molecule has 0 aliphatic rings. The van der Waals surface area contributed by atoms with Gasteiger partial charge in [0.1, 0.15) is 5.01 Å². The van der Waals surface area contributed by atoms with Crippen LogP contribution in [0.5, 0.6) is 0 Å². The highest BCUT2D eigenvalue weighted by Gasteiger charge is 2.13. The summed E-state index contributed by atoms with van der Waals surface area (Å²) in [6, 6.07) is 19.3. The van der Waals surface area contributed by atoms with Crippen molar-refractivity contribution in [2.24, 2.45) is 0 Å². The number of para-hydroxylation sites is 1. The van der Waals surface area contributed by atoms with Gasteiger partial charge in [0.15, 0.2) is 0 Å². The Morgan fingerprint density at radius 1 is 1.04 bits per heavy atom. The van der Waals surface area contributed by atoms with Gasteiger partial charge in [0.2, 0.25) is 0 Å². The lowest BCUT2D eigenvalue weighted by Gasteiger charge is -2.09. The summed E-state index contributed by atoms with van der Waals surface area (Å²) in [6.07, 6.45) is 3.51. The predicted molar refractivity (Wildman–Crippen MR) is 102 cm³/mol. The summed E-state index contributed by atoms with van der Waals surface area (Å²) in [5.41, 5.74) is 3.26. The lowest BCUT2D eigenvalue weighted by Crippen LogP contribution is -2.24. The molecule has 0 fully saturated rings. The van der Waals surface area contributed by atoms with Crippen molar-refractivity contribution >= 4 is 17.2 Å². The van der Waals surface area contributed by atoms with Gasteiger partial charge < -0.3 is 5.32 Å². The first-order chi connectivity index (χ1) is 12.8. The maximum absolute atomic E-state index is 12.6. The van der Waals surface area contributed by atoms with Gasteiger partial charge in [-0.2, -0.15) is 5.10 Å². The number of nitrogens with zero attached hydrogens (tertiary/aromatic N) is 3. The molecule has 128 valence electrons. The number of nitrogens with one attached hydrogen (secondary N) is 1. The van der Waals surface area contributed by atoms with Crippen LogP contribution < -0.4 is 5.32 Å². The van der Waals surface area contributed by atoms with Gasteiger partial charge in [-0.3, -0.25) is 4.79 Å². The number of aromatic nitrogens is 3. The van der Waals surface area contributed by atoms with E-state index in [1.165, 1.54) is 0 Å². The second kappa shape index (κ2) is 7.33. The second-order valence-electron chi connectivity index (χ2n) is 5.66. The van der Waals surface area contributed by atoms with Crippen LogP contribution in [0.2, 0.25) is 0 Å². The molecule has 0 spiro atoms. The molecule has 0 aliphatic carbocycles. The van der Waals surface area contributed by atoms with Gasteiger partial charge in [0.25, 0.3) is 5.91 Å². The maximum atomic E-state index is 12.6. The molecule has 5 nitrogen and oxygen atoms in total. The number of carbonyl (C=O) groups excluding carboxylic acids is 1. The molecule has 1 amide bonds. The Kier molecular flexibility index (Phi) is 4.57. The Balaban J connectivity index is 1.48. The number of amides is 1. The van der Waals surface area contributed by atoms with Gasteiger partial charge in [-0.05, 0) is 18.2 Å². The summed E-state index contributed by atoms with van der Waals surface area (Å²) in [5, 5.41) is 10.1. The molecule has 2 aromatic heterocycles. The van der Waals surface area contributed by atoms with Gasteiger partial charge in [-0.1, -0.05) is 42.5 Å². The molecule has 0 atom stereocenters. The Morgan fingerprint density at radius 3 is 2.65 bits per heavy atom. The molecule has 0 unspecified atom stereocenters. The summed E-state index contributed by atoms with van der Waals surface area (Å²) in [5.74, 6) is -0.148. The topological polar surface area (TPSA) is 59.8 Å². The average Bonchev–Trinajstić information content (AvgIpc) is 3.39. The fraction of sp³-hybridized carbons (Fsp3) is 0.0500. The Bertz CT molecular complexity index is 1010. The monoisotopic (exact) mass is 360 g/mol. The van der Waals surface area contributed by atoms with E-state index in [0.29, 0.717) is 12.1 Å². The lowest BCUT2D eigenvalue weighted by molar-refractivity contribution is 0.0950. The summed E-state index contributed by atoms with van der Waals surface area (Å²) in [6.45, 7) is 0.385. The minimum absolute atomic E-state index is 0.148. The van der Waals surface area contributed by atoms with Crippen LogP contribution in [0.1, 0.15) is 16.1 Å². The van der Waals surface area contributed by atoms with E-state index >= 15 is 0 Å². The van der Waals surface area contributed by atoms with E-state index in [1.54, 1.807) is 28.3 Å². The molecule has 26 heavy (non-hydrogen) atoms. The predicted octanol–water partition coefficient (Wildman–Crippen LogP) is 3.93. The van der Waals surface area contributed by atoms with E-state index in [0.717, 1.165) is 22.0 Å². The third kappa shape index (κ3) is 3.41. The van der Waals surface area contributed by atoms with Crippen LogP contribution in [-0.2, 0) is 6.54 Å². The number of benzene rings is 2. The highest BCUT2D eigenvalue weighted by Crippen LogP contribution is 2.23. The molecule has 2 heterocycles. The van der Waals surface area contributed by atoms with Crippen molar-refractivity contribution in [3.8, 4) is 16.3 Å². The molecule has 6 heteroatoms. The highest BCUT2D eigenvalue weighted by molar-refractivity contribution is 7.13. The van der Waals surface area contributed by atoms with Gasteiger partial charge in [-0.25, -0.2) is 9.67 Å². The smallest absolute Gasteiger partial charge is 0.253 e. The van der Waals surface area contributed by atoms with Crippen LogP contribution in [0, 0.1) is 0 Å². The van der Waals surface area contributed by atoms with E-state index in [-0.39, 0.29) is 5.91 Å². The first kappa shape index (κ1) is 16.2. The van der Waals surface area contributed by atoms with Crippen molar-refractivity contribution in [1.29, 1.82) is 0 Å². The number of rotatable bonds is 5. The molecular formula is C20H16N4OS. The van der Waals surface area contributed by atoms with Crippen LogP contribution in [0.15, 0.2) is 78.4 Å². The van der Waals surface area contributed by atoms with E-state index < -0.39 is 0 Å². The van der Waals surface area contributed by atoms with Gasteiger partial charge in [-0.15, -0.1) is 11.3 Å². The molecule has 0 saturated heterocycles. The standard InChI is InChI=1S/C20H16N4OS/c25-19(17-9-4-5-10-18(17)24-12-6-11-22-24)21-13-16-14-26-20(23-16)15-7-2-1-3-8-15/h1-12,14H,13H2,(H,21,25). The van der Waals surface area contributed by atoms with Crippen molar-refractivity contribution in [2.45, 2.75) is 6.54 Å². The van der Waals surface area contributed by atoms with Gasteiger partial charge >= 0.3 is 0 Å². The zero-order valence-corrected chi connectivity index (χ0v) is 14.7. The minimum Gasteiger partial charge on any atom is -0.346 e. The van der Waals surface area contributed by atoms with Crippen molar-refractivity contribution < 1.29 is 4.79 Å². The van der Waals surface area contributed by atoms with Crippen LogP contribution in [0.3, 0.4) is 0 Å². The minimum atomic E-state index is -0.148. The summed E-state index contributed by atoms with van der Waals surface area (Å²) in [7, 11) is 0. The Hall–Kier alpha value is -3.25. The molecule has 4 aromatic rings. The fourth-order valence-corrected chi connectivity index (χ4v) is 3.47. The molecule has 2 aromatic carbocycles. The van der Waals surface area contributed by atoms with Crippen molar-refractivity contribution in [1.82, 2.24) is 20.1 Å². The van der Waals surface area contributed by atoms with E-state index in [9.17, 15) is 4.79 Å². The van der Waals surface area contributed by atoms with Crippen LogP contribution in [-0.4, -0.2) is 20.7 Å². The summed E-state index contributed by atoms with van der Waals surface area (Å²) in [4.78, 5) is 17.2. The second-order valence-corrected chi connectivity index (χ2v) is 6.52. The van der Waals surface area contributed by atoms with Crippen molar-refractivity contribution in [2.75, 3.05) is 0 Å². The molecule has 1 N–H and O–H groups in total. The Morgan fingerprint density at radius 2 is 1.85 bits per heavy atom. The molecular weight excluding hydrogens is 344 g/mol. The SMILES string of the molecule is O=C(NCc1csc(-c2ccccc2)n1)c1ccccc1-n1cccn1. The molecule has 0 bridgehead atoms. The van der Waals surface area contributed by atoms with Gasteiger partial charge in [0.05, 0.1) is 23.5 Å². The number of thiazole rings is 1. The average molecular weight is 360 g/mol. The zero-order valence-electron chi connectivity index (χ0n) is 13.9. The van der Waals surface area contributed by atoms with E-state index in [4.69, 9.17) is 0 Å². The summed E-state index contributed by atoms with van der Waals surface area (Å²) >= 11 is 1.57. The highest BCUT2D eigenvalue weighted by atomic mass is 32.1. The maximum Gasteiger partial charge on any atom is 0.253 e. The number of carbonyl (C=O) groups is 1. The number of hydrogen-bond acceptors (Lipinski definition) is 4. The van der Waals surface area contributed by atoms with Crippen LogP contribution in [0.4, 0.5) is 0 Å². The van der Waals surface area contributed by atoms with E-state index in [1.807, 2.05) is 66.2 Å². The third-order valence-electron chi connectivity index (χ3n) is 3.90. The third-order valence-corrected chi connectivity index (χ3v) is 4.84. The molecule has 0 radical (unpaired) electrons. The first-order valence-electron chi connectivity index (χ1n) is 8.18.